The molecule has 0 aromatic heterocycles. The fourth-order valence-corrected chi connectivity index (χ4v) is 4.59. The second-order valence-electron chi connectivity index (χ2n) is 6.90. The second-order valence-corrected chi connectivity index (χ2v) is 9.05. The molecule has 1 atom stereocenters. The van der Waals surface area contributed by atoms with Gasteiger partial charge < -0.3 is 10.1 Å². The van der Waals surface area contributed by atoms with E-state index in [1.54, 1.807) is 0 Å². The molecule has 0 spiro atoms. The predicted molar refractivity (Wildman–Crippen MR) is 109 cm³/mol. The summed E-state index contributed by atoms with van der Waals surface area (Å²) < 4.78 is 33.3. The molecule has 0 aliphatic carbocycles. The van der Waals surface area contributed by atoms with E-state index in [4.69, 9.17) is 16.3 Å². The average Bonchev–Trinajstić information content (AvgIpc) is 3.17. The zero-order chi connectivity index (χ0) is 20.3. The fourth-order valence-electron chi connectivity index (χ4n) is 3.00. The van der Waals surface area contributed by atoms with Gasteiger partial charge in [0.25, 0.3) is 5.91 Å². The number of nitrogens with one attached hydrogen (secondary N) is 2. The predicted octanol–water partition coefficient (Wildman–Crippen LogP) is 3.67. The molecular weight excluding hydrogens is 400 g/mol. The standard InChI is InChI=1S/C20H23ClN2O4S/c1-13-5-6-14(2)18(10-13)23-20(24)15-7-8-17(21)19(11-15)28(25,26)22-12-16-4-3-9-27-16/h5-8,10-11,16,22H,3-4,9,12H2,1-2H3,(H,23,24). The number of aryl methyl sites for hydroxylation is 2. The zero-order valence-corrected chi connectivity index (χ0v) is 17.4. The number of rotatable bonds is 6. The minimum absolute atomic E-state index is 0.0585. The van der Waals surface area contributed by atoms with Crippen LogP contribution in [0.5, 0.6) is 0 Å². The molecule has 8 heteroatoms. The summed E-state index contributed by atoms with van der Waals surface area (Å²) in [5.41, 5.74) is 2.82. The molecule has 2 aromatic rings. The van der Waals surface area contributed by atoms with E-state index in [1.165, 1.54) is 18.2 Å². The molecule has 1 aliphatic heterocycles. The van der Waals surface area contributed by atoms with Gasteiger partial charge in [-0.3, -0.25) is 4.79 Å². The number of carbonyl (C=O) groups excluding carboxylic acids is 1. The maximum Gasteiger partial charge on any atom is 0.255 e. The number of benzene rings is 2. The van der Waals surface area contributed by atoms with Crippen LogP contribution < -0.4 is 10.0 Å². The Kier molecular flexibility index (Phi) is 6.40. The van der Waals surface area contributed by atoms with Gasteiger partial charge in [-0.25, -0.2) is 13.1 Å². The molecule has 28 heavy (non-hydrogen) atoms. The fraction of sp³-hybridized carbons (Fsp3) is 0.350. The molecule has 150 valence electrons. The highest BCUT2D eigenvalue weighted by molar-refractivity contribution is 7.89. The molecule has 1 amide bonds. The maximum absolute atomic E-state index is 12.7. The molecule has 2 aromatic carbocycles. The number of sulfonamides is 1. The molecule has 1 heterocycles. The summed E-state index contributed by atoms with van der Waals surface area (Å²) in [4.78, 5) is 12.5. The molecule has 1 saturated heterocycles. The van der Waals surface area contributed by atoms with E-state index in [-0.39, 0.29) is 28.1 Å². The first kappa shape index (κ1) is 20.8. The van der Waals surface area contributed by atoms with Crippen molar-refractivity contribution in [2.75, 3.05) is 18.5 Å². The summed E-state index contributed by atoms with van der Waals surface area (Å²) in [6.07, 6.45) is 1.60. The molecule has 1 aliphatic rings. The minimum atomic E-state index is -3.86. The highest BCUT2D eigenvalue weighted by atomic mass is 35.5. The smallest absolute Gasteiger partial charge is 0.255 e. The first-order valence-corrected chi connectivity index (χ1v) is 10.9. The maximum atomic E-state index is 12.7. The third kappa shape index (κ3) is 4.91. The Balaban J connectivity index is 1.79. The van der Waals surface area contributed by atoms with Gasteiger partial charge in [-0.15, -0.1) is 0 Å². The van der Waals surface area contributed by atoms with Crippen molar-refractivity contribution in [2.24, 2.45) is 0 Å². The van der Waals surface area contributed by atoms with Crippen LogP contribution in [0, 0.1) is 13.8 Å². The average molecular weight is 423 g/mol. The van der Waals surface area contributed by atoms with Crippen LogP contribution in [0.15, 0.2) is 41.3 Å². The van der Waals surface area contributed by atoms with Crippen LogP contribution in [0.4, 0.5) is 5.69 Å². The Bertz CT molecular complexity index is 986. The van der Waals surface area contributed by atoms with Crippen LogP contribution in [0.3, 0.4) is 0 Å². The van der Waals surface area contributed by atoms with E-state index < -0.39 is 15.9 Å². The molecular formula is C20H23ClN2O4S. The van der Waals surface area contributed by atoms with Crippen LogP contribution in [0.2, 0.25) is 5.02 Å². The van der Waals surface area contributed by atoms with E-state index >= 15 is 0 Å². The van der Waals surface area contributed by atoms with Crippen molar-refractivity contribution in [2.45, 2.75) is 37.7 Å². The lowest BCUT2D eigenvalue weighted by atomic mass is 10.1. The van der Waals surface area contributed by atoms with Gasteiger partial charge in [-0.2, -0.15) is 0 Å². The van der Waals surface area contributed by atoms with Crippen LogP contribution in [-0.4, -0.2) is 33.6 Å². The Morgan fingerprint density at radius 1 is 1.21 bits per heavy atom. The highest BCUT2D eigenvalue weighted by Crippen LogP contribution is 2.24. The van der Waals surface area contributed by atoms with Gasteiger partial charge in [0.05, 0.1) is 11.1 Å². The monoisotopic (exact) mass is 422 g/mol. The van der Waals surface area contributed by atoms with Gasteiger partial charge in [0.2, 0.25) is 10.0 Å². The summed E-state index contributed by atoms with van der Waals surface area (Å²) in [7, 11) is -3.86. The van der Waals surface area contributed by atoms with Gasteiger partial charge in [0.1, 0.15) is 4.90 Å². The third-order valence-corrected chi connectivity index (χ3v) is 6.55. The van der Waals surface area contributed by atoms with Crippen molar-refractivity contribution in [3.05, 3.63) is 58.1 Å². The summed E-state index contributed by atoms with van der Waals surface area (Å²) in [5, 5.41) is 2.88. The number of ether oxygens (including phenoxy) is 1. The lowest BCUT2D eigenvalue weighted by molar-refractivity contribution is 0.102. The third-order valence-electron chi connectivity index (χ3n) is 4.65. The largest absolute Gasteiger partial charge is 0.377 e. The lowest BCUT2D eigenvalue weighted by Crippen LogP contribution is -2.32. The lowest BCUT2D eigenvalue weighted by Gasteiger charge is -2.14. The Morgan fingerprint density at radius 2 is 2.00 bits per heavy atom. The van der Waals surface area contributed by atoms with E-state index in [2.05, 4.69) is 10.0 Å². The summed E-state index contributed by atoms with van der Waals surface area (Å²) in [6, 6.07) is 9.95. The zero-order valence-electron chi connectivity index (χ0n) is 15.8. The van der Waals surface area contributed by atoms with E-state index in [9.17, 15) is 13.2 Å². The van der Waals surface area contributed by atoms with E-state index in [0.717, 1.165) is 24.0 Å². The number of hydrogen-bond donors (Lipinski definition) is 2. The highest BCUT2D eigenvalue weighted by Gasteiger charge is 2.23. The van der Waals surface area contributed by atoms with Gasteiger partial charge in [-0.05, 0) is 62.1 Å². The van der Waals surface area contributed by atoms with Crippen LogP contribution in [-0.2, 0) is 14.8 Å². The first-order valence-electron chi connectivity index (χ1n) is 9.06. The number of amides is 1. The van der Waals surface area contributed by atoms with Gasteiger partial charge >= 0.3 is 0 Å². The quantitative estimate of drug-likeness (QED) is 0.743. The Labute approximate surface area is 170 Å². The minimum Gasteiger partial charge on any atom is -0.377 e. The van der Waals surface area contributed by atoms with Crippen molar-refractivity contribution < 1.29 is 17.9 Å². The molecule has 0 bridgehead atoms. The van der Waals surface area contributed by atoms with E-state index in [1.807, 2.05) is 32.0 Å². The molecule has 2 N–H and O–H groups in total. The number of halogens is 1. The molecule has 3 rings (SSSR count). The normalized spacial score (nSPS) is 16.9. The molecule has 1 unspecified atom stereocenters. The molecule has 1 fully saturated rings. The van der Waals surface area contributed by atoms with Crippen molar-refractivity contribution in [1.82, 2.24) is 4.72 Å². The van der Waals surface area contributed by atoms with Crippen molar-refractivity contribution in [3.63, 3.8) is 0 Å². The Hall–Kier alpha value is -1.93. The molecule has 0 radical (unpaired) electrons. The number of hydrogen-bond acceptors (Lipinski definition) is 4. The molecule has 6 nitrogen and oxygen atoms in total. The van der Waals surface area contributed by atoms with Crippen molar-refractivity contribution >= 4 is 33.2 Å². The van der Waals surface area contributed by atoms with Crippen LogP contribution in [0.1, 0.15) is 34.3 Å². The summed E-state index contributed by atoms with van der Waals surface area (Å²) >= 11 is 6.10. The molecule has 0 saturated carbocycles. The van der Waals surface area contributed by atoms with Gasteiger partial charge in [0, 0.05) is 24.4 Å². The van der Waals surface area contributed by atoms with Gasteiger partial charge in [-0.1, -0.05) is 23.7 Å². The summed E-state index contributed by atoms with van der Waals surface area (Å²) in [5.74, 6) is -0.402. The number of anilines is 1. The van der Waals surface area contributed by atoms with Crippen molar-refractivity contribution in [1.29, 1.82) is 0 Å². The van der Waals surface area contributed by atoms with E-state index in [0.29, 0.717) is 12.3 Å². The SMILES string of the molecule is Cc1ccc(C)c(NC(=O)c2ccc(Cl)c(S(=O)(=O)NCC3CCCO3)c2)c1. The topological polar surface area (TPSA) is 84.5 Å². The Morgan fingerprint density at radius 3 is 2.71 bits per heavy atom. The second kappa shape index (κ2) is 8.61. The first-order chi connectivity index (χ1) is 13.3. The van der Waals surface area contributed by atoms with Crippen molar-refractivity contribution in [3.8, 4) is 0 Å². The van der Waals surface area contributed by atoms with Crippen LogP contribution >= 0.6 is 11.6 Å². The number of carbonyl (C=O) groups is 1. The van der Waals surface area contributed by atoms with Gasteiger partial charge in [0.15, 0.2) is 0 Å². The summed E-state index contributed by atoms with van der Waals surface area (Å²) in [6.45, 7) is 4.64. The van der Waals surface area contributed by atoms with Crippen LogP contribution in [0.25, 0.3) is 0 Å².